The summed E-state index contributed by atoms with van der Waals surface area (Å²) in [6, 6.07) is 10.4. The first-order valence-corrected chi connectivity index (χ1v) is 5.55. The molecule has 1 aliphatic carbocycles. The molecule has 1 aromatic rings. The minimum atomic E-state index is -0.172. The Morgan fingerprint density at radius 1 is 1.33 bits per heavy atom. The zero-order valence-corrected chi connectivity index (χ0v) is 9.24. The fourth-order valence-electron chi connectivity index (χ4n) is 2.53. The van der Waals surface area contributed by atoms with Gasteiger partial charge in [-0.2, -0.15) is 0 Å². The highest BCUT2D eigenvalue weighted by Gasteiger charge is 2.56. The van der Waals surface area contributed by atoms with Crippen LogP contribution in [-0.2, 0) is 5.41 Å². The van der Waals surface area contributed by atoms with Crippen molar-refractivity contribution >= 4 is 0 Å². The molecular formula is C13H19NO. The zero-order valence-electron chi connectivity index (χ0n) is 9.24. The summed E-state index contributed by atoms with van der Waals surface area (Å²) in [6.07, 6.45) is 2.29. The summed E-state index contributed by atoms with van der Waals surface area (Å²) in [6.45, 7) is 2.80. The molecule has 2 nitrogen and oxygen atoms in total. The number of hydrogen-bond donors (Lipinski definition) is 2. The smallest absolute Gasteiger partial charge is 0.0505 e. The Morgan fingerprint density at radius 3 is 2.33 bits per heavy atom. The molecule has 0 aliphatic heterocycles. The van der Waals surface area contributed by atoms with Gasteiger partial charge in [0.1, 0.15) is 0 Å². The first-order chi connectivity index (χ1) is 7.18. The summed E-state index contributed by atoms with van der Waals surface area (Å²) in [5.74, 6) is 0. The molecular weight excluding hydrogens is 186 g/mol. The van der Waals surface area contributed by atoms with Gasteiger partial charge >= 0.3 is 0 Å². The molecule has 0 radical (unpaired) electrons. The van der Waals surface area contributed by atoms with Gasteiger partial charge in [-0.1, -0.05) is 37.3 Å². The number of rotatable bonds is 4. The minimum absolute atomic E-state index is 0.123. The van der Waals surface area contributed by atoms with Crippen molar-refractivity contribution in [2.45, 2.75) is 25.2 Å². The SMILES string of the molecule is CC(CN)(CO)C1(c2ccccc2)CC1. The van der Waals surface area contributed by atoms with Gasteiger partial charge in [-0.15, -0.1) is 0 Å². The predicted octanol–water partition coefficient (Wildman–Crippen LogP) is 1.68. The summed E-state index contributed by atoms with van der Waals surface area (Å²) in [5, 5.41) is 9.54. The third-order valence-corrected chi connectivity index (χ3v) is 4.03. The van der Waals surface area contributed by atoms with Crippen LogP contribution in [0.3, 0.4) is 0 Å². The molecule has 1 fully saturated rings. The van der Waals surface area contributed by atoms with Crippen molar-refractivity contribution in [2.24, 2.45) is 11.1 Å². The van der Waals surface area contributed by atoms with Crippen LogP contribution in [0.25, 0.3) is 0 Å². The maximum Gasteiger partial charge on any atom is 0.0505 e. The number of aliphatic hydroxyl groups excluding tert-OH is 1. The van der Waals surface area contributed by atoms with Crippen LogP contribution in [0.1, 0.15) is 25.3 Å². The molecule has 0 spiro atoms. The summed E-state index contributed by atoms with van der Waals surface area (Å²) < 4.78 is 0. The van der Waals surface area contributed by atoms with E-state index in [1.807, 2.05) is 6.07 Å². The topological polar surface area (TPSA) is 46.2 Å². The van der Waals surface area contributed by atoms with Crippen molar-refractivity contribution in [2.75, 3.05) is 13.2 Å². The number of benzene rings is 1. The molecule has 1 aliphatic rings. The Bertz CT molecular complexity index is 326. The Kier molecular flexibility index (Phi) is 2.57. The van der Waals surface area contributed by atoms with Crippen molar-refractivity contribution in [3.63, 3.8) is 0 Å². The van der Waals surface area contributed by atoms with E-state index in [9.17, 15) is 5.11 Å². The minimum Gasteiger partial charge on any atom is -0.396 e. The second-order valence-electron chi connectivity index (χ2n) is 4.87. The van der Waals surface area contributed by atoms with Crippen molar-refractivity contribution in [3.8, 4) is 0 Å². The van der Waals surface area contributed by atoms with Gasteiger partial charge in [0, 0.05) is 17.4 Å². The second kappa shape index (κ2) is 3.62. The second-order valence-corrected chi connectivity index (χ2v) is 4.87. The lowest BCUT2D eigenvalue weighted by Crippen LogP contribution is -2.42. The van der Waals surface area contributed by atoms with Gasteiger partial charge in [-0.05, 0) is 18.4 Å². The van der Waals surface area contributed by atoms with Crippen LogP contribution >= 0.6 is 0 Å². The van der Waals surface area contributed by atoms with E-state index in [4.69, 9.17) is 5.73 Å². The maximum absolute atomic E-state index is 9.54. The van der Waals surface area contributed by atoms with E-state index in [2.05, 4.69) is 31.2 Å². The van der Waals surface area contributed by atoms with Crippen LogP contribution in [0.2, 0.25) is 0 Å². The first-order valence-electron chi connectivity index (χ1n) is 5.55. The van der Waals surface area contributed by atoms with Crippen molar-refractivity contribution in [1.29, 1.82) is 0 Å². The van der Waals surface area contributed by atoms with Crippen LogP contribution in [-0.4, -0.2) is 18.3 Å². The summed E-state index contributed by atoms with van der Waals surface area (Å²) in [7, 11) is 0. The molecule has 1 saturated carbocycles. The van der Waals surface area contributed by atoms with E-state index in [-0.39, 0.29) is 17.4 Å². The number of aliphatic hydroxyl groups is 1. The average molecular weight is 205 g/mol. The molecule has 2 heteroatoms. The molecule has 0 amide bonds. The van der Waals surface area contributed by atoms with E-state index in [0.29, 0.717) is 6.54 Å². The Balaban J connectivity index is 2.36. The summed E-state index contributed by atoms with van der Waals surface area (Å²) >= 11 is 0. The first kappa shape index (κ1) is 10.7. The Morgan fingerprint density at radius 2 is 1.93 bits per heavy atom. The fourth-order valence-corrected chi connectivity index (χ4v) is 2.53. The fraction of sp³-hybridized carbons (Fsp3) is 0.538. The molecule has 0 bridgehead atoms. The quantitative estimate of drug-likeness (QED) is 0.785. The lowest BCUT2D eigenvalue weighted by molar-refractivity contribution is 0.109. The van der Waals surface area contributed by atoms with E-state index in [1.165, 1.54) is 5.56 Å². The Labute approximate surface area is 91.1 Å². The molecule has 0 saturated heterocycles. The lowest BCUT2D eigenvalue weighted by atomic mass is 9.71. The monoisotopic (exact) mass is 205 g/mol. The van der Waals surface area contributed by atoms with E-state index < -0.39 is 0 Å². The van der Waals surface area contributed by atoms with Crippen molar-refractivity contribution in [1.82, 2.24) is 0 Å². The molecule has 1 atom stereocenters. The Hall–Kier alpha value is -0.860. The molecule has 82 valence electrons. The lowest BCUT2D eigenvalue weighted by Gasteiger charge is -2.36. The molecule has 1 unspecified atom stereocenters. The predicted molar refractivity (Wildman–Crippen MR) is 61.6 cm³/mol. The van der Waals surface area contributed by atoms with Gasteiger partial charge in [0.05, 0.1) is 6.61 Å². The standard InChI is InChI=1S/C13H19NO/c1-12(9-14,10-15)13(7-8-13)11-5-3-2-4-6-11/h2-6,15H,7-10,14H2,1H3. The van der Waals surface area contributed by atoms with E-state index >= 15 is 0 Å². The molecule has 0 aromatic heterocycles. The van der Waals surface area contributed by atoms with Gasteiger partial charge in [0.25, 0.3) is 0 Å². The van der Waals surface area contributed by atoms with Gasteiger partial charge in [0.15, 0.2) is 0 Å². The third kappa shape index (κ3) is 1.48. The van der Waals surface area contributed by atoms with Crippen LogP contribution in [0, 0.1) is 5.41 Å². The van der Waals surface area contributed by atoms with Crippen LogP contribution in [0.15, 0.2) is 30.3 Å². The van der Waals surface area contributed by atoms with Crippen molar-refractivity contribution in [3.05, 3.63) is 35.9 Å². The van der Waals surface area contributed by atoms with Gasteiger partial charge in [0.2, 0.25) is 0 Å². The van der Waals surface area contributed by atoms with Crippen molar-refractivity contribution < 1.29 is 5.11 Å². The maximum atomic E-state index is 9.54. The molecule has 3 N–H and O–H groups in total. The molecule has 0 heterocycles. The van der Waals surface area contributed by atoms with E-state index in [0.717, 1.165) is 12.8 Å². The molecule has 15 heavy (non-hydrogen) atoms. The largest absolute Gasteiger partial charge is 0.396 e. The highest BCUT2D eigenvalue weighted by atomic mass is 16.3. The average Bonchev–Trinajstić information content (AvgIpc) is 3.11. The van der Waals surface area contributed by atoms with E-state index in [1.54, 1.807) is 0 Å². The zero-order chi connectivity index (χ0) is 10.9. The van der Waals surface area contributed by atoms with Crippen LogP contribution in [0.5, 0.6) is 0 Å². The van der Waals surface area contributed by atoms with Gasteiger partial charge in [-0.3, -0.25) is 0 Å². The molecule has 2 rings (SSSR count). The van der Waals surface area contributed by atoms with Gasteiger partial charge < -0.3 is 10.8 Å². The third-order valence-electron chi connectivity index (χ3n) is 4.03. The highest BCUT2D eigenvalue weighted by molar-refractivity contribution is 5.34. The normalized spacial score (nSPS) is 22.1. The molecule has 1 aromatic carbocycles. The summed E-state index contributed by atoms with van der Waals surface area (Å²) in [5.41, 5.74) is 7.10. The number of nitrogens with two attached hydrogens (primary N) is 1. The summed E-state index contributed by atoms with van der Waals surface area (Å²) in [4.78, 5) is 0. The van der Waals surface area contributed by atoms with Gasteiger partial charge in [-0.25, -0.2) is 0 Å². The number of hydrogen-bond acceptors (Lipinski definition) is 2. The van der Waals surface area contributed by atoms with Crippen LogP contribution < -0.4 is 5.73 Å². The highest BCUT2D eigenvalue weighted by Crippen LogP contribution is 2.59. The van der Waals surface area contributed by atoms with Crippen LogP contribution in [0.4, 0.5) is 0 Å².